The maximum atomic E-state index is 13.2. The van der Waals surface area contributed by atoms with E-state index in [1.807, 2.05) is 47.4 Å². The molecule has 0 bridgehead atoms. The molecule has 0 saturated carbocycles. The lowest BCUT2D eigenvalue weighted by Crippen LogP contribution is -2.58. The molecule has 3 saturated heterocycles. The highest BCUT2D eigenvalue weighted by atomic mass is 16.5. The van der Waals surface area contributed by atoms with E-state index in [4.69, 9.17) is 9.47 Å². The van der Waals surface area contributed by atoms with Gasteiger partial charge in [-0.25, -0.2) is 9.69 Å². The van der Waals surface area contributed by atoms with Gasteiger partial charge in [0.05, 0.1) is 25.5 Å². The zero-order valence-corrected chi connectivity index (χ0v) is 19.8. The summed E-state index contributed by atoms with van der Waals surface area (Å²) in [7, 11) is 1.68. The molecule has 3 aliphatic heterocycles. The number of carbonyl (C=O) groups is 2. The molecule has 3 amide bonds. The summed E-state index contributed by atoms with van der Waals surface area (Å²) in [5.41, 5.74) is 1.87. The third kappa shape index (κ3) is 4.81. The summed E-state index contributed by atoms with van der Waals surface area (Å²) < 4.78 is 11.4. The molecular weight excluding hydrogens is 430 g/mol. The molecule has 2 unspecified atom stereocenters. The van der Waals surface area contributed by atoms with E-state index in [1.165, 1.54) is 10.5 Å². The molecule has 34 heavy (non-hydrogen) atoms. The molecule has 7 nitrogen and oxygen atoms in total. The van der Waals surface area contributed by atoms with Crippen LogP contribution in [0.25, 0.3) is 0 Å². The number of nitrogens with zero attached hydrogens (tertiary/aromatic N) is 3. The van der Waals surface area contributed by atoms with Crippen molar-refractivity contribution in [3.63, 3.8) is 0 Å². The molecular formula is C27H33N3O4. The fourth-order valence-corrected chi connectivity index (χ4v) is 5.48. The van der Waals surface area contributed by atoms with Crippen molar-refractivity contribution >= 4 is 17.6 Å². The van der Waals surface area contributed by atoms with Crippen LogP contribution in [0, 0.1) is 5.92 Å². The fraction of sp³-hybridized carbons (Fsp3) is 0.481. The minimum Gasteiger partial charge on any atom is -0.497 e. The Kier molecular flexibility index (Phi) is 6.83. The smallest absolute Gasteiger partial charge is 0.331 e. The second-order valence-corrected chi connectivity index (χ2v) is 9.52. The fourth-order valence-electron chi connectivity index (χ4n) is 5.48. The first-order valence-corrected chi connectivity index (χ1v) is 12.3. The molecule has 5 rings (SSSR count). The SMILES string of the molecule is COc1ccc(C2CC(CN3CCC(N4CCC(=O)N(c5ccccc5)C4=O)CC3)CO2)cc1. The predicted molar refractivity (Wildman–Crippen MR) is 130 cm³/mol. The first kappa shape index (κ1) is 22.9. The summed E-state index contributed by atoms with van der Waals surface area (Å²) in [6.45, 7) is 4.28. The van der Waals surface area contributed by atoms with Gasteiger partial charge in [-0.1, -0.05) is 30.3 Å². The van der Waals surface area contributed by atoms with Gasteiger partial charge < -0.3 is 19.3 Å². The number of benzene rings is 2. The van der Waals surface area contributed by atoms with Crippen molar-refractivity contribution in [3.8, 4) is 5.75 Å². The average molecular weight is 464 g/mol. The van der Waals surface area contributed by atoms with Gasteiger partial charge in [0.25, 0.3) is 0 Å². The number of ether oxygens (including phenoxy) is 2. The van der Waals surface area contributed by atoms with E-state index in [0.29, 0.717) is 24.6 Å². The van der Waals surface area contributed by atoms with Crippen LogP contribution in [0.1, 0.15) is 37.4 Å². The highest BCUT2D eigenvalue weighted by Gasteiger charge is 2.38. The molecule has 3 aliphatic rings. The first-order valence-electron chi connectivity index (χ1n) is 12.3. The monoisotopic (exact) mass is 463 g/mol. The van der Waals surface area contributed by atoms with Crippen molar-refractivity contribution < 1.29 is 19.1 Å². The van der Waals surface area contributed by atoms with E-state index in [0.717, 1.165) is 51.3 Å². The summed E-state index contributed by atoms with van der Waals surface area (Å²) in [5, 5.41) is 0. The number of methoxy groups -OCH3 is 1. The Morgan fingerprint density at radius 3 is 2.41 bits per heavy atom. The number of amides is 3. The number of hydrogen-bond donors (Lipinski definition) is 0. The molecule has 2 aromatic carbocycles. The quantitative estimate of drug-likeness (QED) is 0.646. The van der Waals surface area contributed by atoms with Gasteiger partial charge in [-0.2, -0.15) is 0 Å². The molecule has 0 spiro atoms. The molecule has 7 heteroatoms. The lowest BCUT2D eigenvalue weighted by molar-refractivity contribution is -0.119. The van der Waals surface area contributed by atoms with Crippen molar-refractivity contribution in [2.45, 2.75) is 37.8 Å². The van der Waals surface area contributed by atoms with Gasteiger partial charge in [0.15, 0.2) is 0 Å². The van der Waals surface area contributed by atoms with Gasteiger partial charge >= 0.3 is 6.03 Å². The number of piperidine rings is 1. The largest absolute Gasteiger partial charge is 0.497 e. The Bertz CT molecular complexity index is 989. The van der Waals surface area contributed by atoms with Crippen LogP contribution >= 0.6 is 0 Å². The number of imide groups is 1. The Balaban J connectivity index is 1.12. The number of anilines is 1. The van der Waals surface area contributed by atoms with Crippen LogP contribution in [0.2, 0.25) is 0 Å². The van der Waals surface area contributed by atoms with Crippen molar-refractivity contribution in [2.24, 2.45) is 5.92 Å². The van der Waals surface area contributed by atoms with Crippen LogP contribution in [-0.4, -0.2) is 67.7 Å². The minimum absolute atomic E-state index is 0.113. The van der Waals surface area contributed by atoms with Crippen molar-refractivity contribution in [2.75, 3.05) is 44.8 Å². The maximum Gasteiger partial charge on any atom is 0.331 e. The molecule has 3 fully saturated rings. The van der Waals surface area contributed by atoms with Crippen LogP contribution in [0.5, 0.6) is 5.75 Å². The Hall–Kier alpha value is -2.90. The van der Waals surface area contributed by atoms with E-state index in [9.17, 15) is 9.59 Å². The molecule has 2 aromatic rings. The highest BCUT2D eigenvalue weighted by molar-refractivity contribution is 6.15. The normalized spacial score (nSPS) is 24.6. The summed E-state index contributed by atoms with van der Waals surface area (Å²) in [5.74, 6) is 1.27. The number of carbonyl (C=O) groups excluding carboxylic acids is 2. The van der Waals surface area contributed by atoms with E-state index in [-0.39, 0.29) is 24.1 Å². The van der Waals surface area contributed by atoms with E-state index >= 15 is 0 Å². The Labute approximate surface area is 201 Å². The summed E-state index contributed by atoms with van der Waals surface area (Å²) in [6, 6.07) is 17.4. The van der Waals surface area contributed by atoms with Crippen LogP contribution in [0.4, 0.5) is 10.5 Å². The van der Waals surface area contributed by atoms with Crippen molar-refractivity contribution in [1.82, 2.24) is 9.80 Å². The van der Waals surface area contributed by atoms with Crippen molar-refractivity contribution in [1.29, 1.82) is 0 Å². The van der Waals surface area contributed by atoms with Crippen LogP contribution < -0.4 is 9.64 Å². The molecule has 0 radical (unpaired) electrons. The van der Waals surface area contributed by atoms with E-state index in [1.54, 1.807) is 7.11 Å². The summed E-state index contributed by atoms with van der Waals surface area (Å²) >= 11 is 0. The topological polar surface area (TPSA) is 62.3 Å². The predicted octanol–water partition coefficient (Wildman–Crippen LogP) is 4.10. The second kappa shape index (κ2) is 10.2. The van der Waals surface area contributed by atoms with Gasteiger partial charge in [0, 0.05) is 38.6 Å². The third-order valence-electron chi connectivity index (χ3n) is 7.35. The van der Waals surface area contributed by atoms with Crippen LogP contribution in [0.15, 0.2) is 54.6 Å². The highest BCUT2D eigenvalue weighted by Crippen LogP contribution is 2.34. The summed E-state index contributed by atoms with van der Waals surface area (Å²) in [4.78, 5) is 31.5. The van der Waals surface area contributed by atoms with Crippen molar-refractivity contribution in [3.05, 3.63) is 60.2 Å². The first-order chi connectivity index (χ1) is 16.6. The number of hydrogen-bond acceptors (Lipinski definition) is 5. The van der Waals surface area contributed by atoms with Gasteiger partial charge in [-0.3, -0.25) is 4.79 Å². The molecule has 0 aliphatic carbocycles. The van der Waals surface area contributed by atoms with Gasteiger partial charge in [0.2, 0.25) is 5.91 Å². The zero-order valence-electron chi connectivity index (χ0n) is 19.8. The standard InChI is InChI=1S/C27H33N3O4/c1-33-24-9-7-21(8-10-24)25-17-20(19-34-25)18-28-14-11-22(12-15-28)29-16-13-26(31)30(27(29)32)23-5-3-2-4-6-23/h2-10,20,22,25H,11-19H2,1H3. The lowest BCUT2D eigenvalue weighted by Gasteiger charge is -2.42. The van der Waals surface area contributed by atoms with Crippen LogP contribution in [-0.2, 0) is 9.53 Å². The minimum atomic E-state index is -0.174. The molecule has 180 valence electrons. The zero-order chi connectivity index (χ0) is 23.5. The number of rotatable bonds is 6. The molecule has 0 N–H and O–H groups in total. The number of para-hydroxylation sites is 1. The molecule has 0 aromatic heterocycles. The Morgan fingerprint density at radius 1 is 0.971 bits per heavy atom. The van der Waals surface area contributed by atoms with Gasteiger partial charge in [-0.05, 0) is 55.0 Å². The van der Waals surface area contributed by atoms with E-state index < -0.39 is 0 Å². The van der Waals surface area contributed by atoms with Crippen LogP contribution in [0.3, 0.4) is 0 Å². The number of urea groups is 1. The Morgan fingerprint density at radius 2 is 1.71 bits per heavy atom. The third-order valence-corrected chi connectivity index (χ3v) is 7.35. The summed E-state index contributed by atoms with van der Waals surface area (Å²) in [6.07, 6.45) is 3.45. The second-order valence-electron chi connectivity index (χ2n) is 9.52. The van der Waals surface area contributed by atoms with Gasteiger partial charge in [0.1, 0.15) is 5.75 Å². The van der Waals surface area contributed by atoms with Gasteiger partial charge in [-0.15, -0.1) is 0 Å². The lowest BCUT2D eigenvalue weighted by atomic mass is 9.97. The van der Waals surface area contributed by atoms with E-state index in [2.05, 4.69) is 17.0 Å². The number of likely N-dealkylation sites (tertiary alicyclic amines) is 1. The maximum absolute atomic E-state index is 13.2. The average Bonchev–Trinajstić information content (AvgIpc) is 3.34. The molecule has 2 atom stereocenters. The molecule has 3 heterocycles.